The third-order valence-corrected chi connectivity index (χ3v) is 4.00. The second kappa shape index (κ2) is 11.4. The van der Waals surface area contributed by atoms with Crippen LogP contribution in [0.3, 0.4) is 0 Å². The van der Waals surface area contributed by atoms with Crippen LogP contribution >= 0.6 is 0 Å². The van der Waals surface area contributed by atoms with Gasteiger partial charge in [0.2, 0.25) is 11.9 Å². The highest BCUT2D eigenvalue weighted by atomic mass is 16.5. The van der Waals surface area contributed by atoms with E-state index >= 15 is 0 Å². The Balaban J connectivity index is 2.24. The zero-order valence-corrected chi connectivity index (χ0v) is 17.7. The fourth-order valence-electron chi connectivity index (χ4n) is 2.53. The number of anilines is 2. The van der Waals surface area contributed by atoms with E-state index in [0.29, 0.717) is 29.8 Å². The quantitative estimate of drug-likeness (QED) is 0.357. The van der Waals surface area contributed by atoms with Crippen LogP contribution in [0.5, 0.6) is 11.8 Å². The van der Waals surface area contributed by atoms with Gasteiger partial charge in [0.05, 0.1) is 6.61 Å². The van der Waals surface area contributed by atoms with E-state index in [1.54, 1.807) is 31.2 Å². The van der Waals surface area contributed by atoms with Crippen molar-refractivity contribution >= 4 is 23.9 Å². The first-order valence-corrected chi connectivity index (χ1v) is 9.86. The maximum atomic E-state index is 11.7. The van der Waals surface area contributed by atoms with E-state index in [1.807, 2.05) is 31.7 Å². The Morgan fingerprint density at radius 1 is 1.13 bits per heavy atom. The van der Waals surface area contributed by atoms with Crippen LogP contribution in [0.1, 0.15) is 33.3 Å². The number of aromatic nitrogens is 3. The van der Waals surface area contributed by atoms with E-state index in [1.165, 1.54) is 6.08 Å². The maximum Gasteiger partial charge on any atom is 0.348 e. The van der Waals surface area contributed by atoms with Gasteiger partial charge in [-0.25, -0.2) is 4.79 Å². The van der Waals surface area contributed by atoms with Crippen molar-refractivity contribution in [2.24, 2.45) is 0 Å². The van der Waals surface area contributed by atoms with Gasteiger partial charge < -0.3 is 19.7 Å². The number of nitriles is 1. The molecule has 1 heterocycles. The average molecular weight is 410 g/mol. The topological polar surface area (TPSA) is 113 Å². The molecule has 2 aromatic rings. The third-order valence-electron chi connectivity index (χ3n) is 4.00. The molecule has 0 aliphatic rings. The van der Waals surface area contributed by atoms with E-state index in [4.69, 9.17) is 14.7 Å². The predicted molar refractivity (Wildman–Crippen MR) is 114 cm³/mol. The Kier molecular flexibility index (Phi) is 8.56. The van der Waals surface area contributed by atoms with Crippen molar-refractivity contribution in [3.63, 3.8) is 0 Å². The summed E-state index contributed by atoms with van der Waals surface area (Å²) in [6.07, 6.45) is 1.46. The van der Waals surface area contributed by atoms with Gasteiger partial charge in [-0.1, -0.05) is 12.1 Å². The summed E-state index contributed by atoms with van der Waals surface area (Å²) in [5.41, 5.74) is 0.599. The van der Waals surface area contributed by atoms with Crippen LogP contribution in [0.2, 0.25) is 0 Å². The Morgan fingerprint density at radius 2 is 1.83 bits per heavy atom. The van der Waals surface area contributed by atoms with Crippen LogP contribution in [-0.2, 0) is 9.53 Å². The molecular formula is C21H26N6O3. The van der Waals surface area contributed by atoms with E-state index in [0.717, 1.165) is 13.1 Å². The number of hydrogen-bond donors (Lipinski definition) is 1. The zero-order chi connectivity index (χ0) is 21.9. The van der Waals surface area contributed by atoms with Crippen molar-refractivity contribution in [1.82, 2.24) is 15.0 Å². The molecule has 2 rings (SSSR count). The number of esters is 1. The normalized spacial score (nSPS) is 10.8. The van der Waals surface area contributed by atoms with E-state index < -0.39 is 5.97 Å². The summed E-state index contributed by atoms with van der Waals surface area (Å²) < 4.78 is 10.7. The van der Waals surface area contributed by atoms with Gasteiger partial charge in [-0.3, -0.25) is 0 Å². The minimum atomic E-state index is -0.648. The molecule has 158 valence electrons. The summed E-state index contributed by atoms with van der Waals surface area (Å²) >= 11 is 0. The summed E-state index contributed by atoms with van der Waals surface area (Å²) in [7, 11) is 0. The van der Waals surface area contributed by atoms with Crippen LogP contribution in [0.4, 0.5) is 11.9 Å². The van der Waals surface area contributed by atoms with Crippen molar-refractivity contribution in [2.75, 3.05) is 36.5 Å². The molecular weight excluding hydrogens is 384 g/mol. The lowest BCUT2D eigenvalue weighted by Crippen LogP contribution is -2.25. The first kappa shape index (κ1) is 22.6. The van der Waals surface area contributed by atoms with Crippen LogP contribution in [-0.4, -0.2) is 47.2 Å². The second-order valence-electron chi connectivity index (χ2n) is 6.01. The highest BCUT2D eigenvalue weighted by molar-refractivity contribution is 5.97. The van der Waals surface area contributed by atoms with Gasteiger partial charge in [0.25, 0.3) is 0 Å². The molecule has 0 bridgehead atoms. The summed E-state index contributed by atoms with van der Waals surface area (Å²) in [4.78, 5) is 26.9. The van der Waals surface area contributed by atoms with Gasteiger partial charge in [0.1, 0.15) is 17.4 Å². The van der Waals surface area contributed by atoms with Crippen LogP contribution in [0, 0.1) is 11.3 Å². The fourth-order valence-corrected chi connectivity index (χ4v) is 2.53. The van der Waals surface area contributed by atoms with Gasteiger partial charge in [-0.05, 0) is 51.5 Å². The van der Waals surface area contributed by atoms with Gasteiger partial charge in [0.15, 0.2) is 0 Å². The fraction of sp³-hybridized carbons (Fsp3) is 0.381. The molecule has 1 aromatic carbocycles. The number of ether oxygens (including phenoxy) is 2. The lowest BCUT2D eigenvalue weighted by molar-refractivity contribution is -0.137. The minimum Gasteiger partial charge on any atom is -0.462 e. The molecule has 0 radical (unpaired) electrons. The molecule has 0 saturated carbocycles. The van der Waals surface area contributed by atoms with Crippen LogP contribution in [0.15, 0.2) is 29.8 Å². The lowest BCUT2D eigenvalue weighted by atomic mass is 10.1. The highest BCUT2D eigenvalue weighted by Crippen LogP contribution is 2.22. The highest BCUT2D eigenvalue weighted by Gasteiger charge is 2.13. The molecule has 30 heavy (non-hydrogen) atoms. The monoisotopic (exact) mass is 410 g/mol. The van der Waals surface area contributed by atoms with E-state index in [2.05, 4.69) is 20.3 Å². The number of carbonyl (C=O) groups is 1. The molecule has 0 spiro atoms. The van der Waals surface area contributed by atoms with Crippen molar-refractivity contribution in [1.29, 1.82) is 5.26 Å². The minimum absolute atomic E-state index is 0.0675. The van der Waals surface area contributed by atoms with Crippen LogP contribution in [0.25, 0.3) is 6.08 Å². The van der Waals surface area contributed by atoms with Crippen molar-refractivity contribution in [2.45, 2.75) is 27.7 Å². The first-order chi connectivity index (χ1) is 14.5. The lowest BCUT2D eigenvalue weighted by Gasteiger charge is -2.19. The third kappa shape index (κ3) is 6.17. The van der Waals surface area contributed by atoms with Gasteiger partial charge in [-0.2, -0.15) is 20.2 Å². The molecule has 0 aliphatic heterocycles. The molecule has 0 aliphatic carbocycles. The summed E-state index contributed by atoms with van der Waals surface area (Å²) in [5.74, 6) is 0.844. The molecule has 9 heteroatoms. The van der Waals surface area contributed by atoms with Crippen molar-refractivity contribution in [3.8, 4) is 17.8 Å². The standard InChI is InChI=1S/C21H26N6O3/c1-5-23-19-24-20(27(6-2)7-3)26-21(25-19)30-17-11-9-15(10-12-17)13-16(14-22)18(28)29-8-4/h9-13H,5-8H2,1-4H3,(H,23,24,25,26)/b16-13+. The van der Waals surface area contributed by atoms with Gasteiger partial charge in [-0.15, -0.1) is 0 Å². The molecule has 0 atom stereocenters. The molecule has 0 saturated heterocycles. The number of carbonyl (C=O) groups excluding carboxylic acids is 1. The second-order valence-corrected chi connectivity index (χ2v) is 6.01. The largest absolute Gasteiger partial charge is 0.462 e. The molecule has 1 N–H and O–H groups in total. The predicted octanol–water partition coefficient (Wildman–Crippen LogP) is 3.41. The maximum absolute atomic E-state index is 11.7. The van der Waals surface area contributed by atoms with Gasteiger partial charge >= 0.3 is 12.0 Å². The SMILES string of the molecule is CCNc1nc(Oc2ccc(/C=C(\C#N)C(=O)OCC)cc2)nc(N(CC)CC)n1. The Morgan fingerprint density at radius 3 is 2.40 bits per heavy atom. The van der Waals surface area contributed by atoms with Crippen LogP contribution < -0.4 is 15.0 Å². The number of nitrogens with one attached hydrogen (secondary N) is 1. The number of hydrogen-bond acceptors (Lipinski definition) is 9. The van der Waals surface area contributed by atoms with E-state index in [-0.39, 0.29) is 18.2 Å². The average Bonchev–Trinajstić information content (AvgIpc) is 2.74. The molecule has 9 nitrogen and oxygen atoms in total. The molecule has 0 amide bonds. The number of nitrogens with zero attached hydrogens (tertiary/aromatic N) is 5. The number of benzene rings is 1. The first-order valence-electron chi connectivity index (χ1n) is 9.86. The molecule has 0 fully saturated rings. The summed E-state index contributed by atoms with van der Waals surface area (Å²) in [6, 6.07) is 8.90. The zero-order valence-electron chi connectivity index (χ0n) is 17.7. The molecule has 1 aromatic heterocycles. The Bertz CT molecular complexity index is 917. The smallest absolute Gasteiger partial charge is 0.348 e. The van der Waals surface area contributed by atoms with Gasteiger partial charge in [0, 0.05) is 19.6 Å². The Labute approximate surface area is 176 Å². The summed E-state index contributed by atoms with van der Waals surface area (Å²) in [6.45, 7) is 10.1. The van der Waals surface area contributed by atoms with Crippen molar-refractivity contribution < 1.29 is 14.3 Å². The number of rotatable bonds is 10. The molecule has 0 unspecified atom stereocenters. The Hall–Kier alpha value is -3.67. The summed E-state index contributed by atoms with van der Waals surface area (Å²) in [5, 5.41) is 12.2. The van der Waals surface area contributed by atoms with Crippen molar-refractivity contribution in [3.05, 3.63) is 35.4 Å². The van der Waals surface area contributed by atoms with E-state index in [9.17, 15) is 4.79 Å².